The van der Waals surface area contributed by atoms with Gasteiger partial charge in [-0.1, -0.05) is 6.92 Å². The summed E-state index contributed by atoms with van der Waals surface area (Å²) >= 11 is 0. The van der Waals surface area contributed by atoms with Gasteiger partial charge < -0.3 is 10.1 Å². The first-order chi connectivity index (χ1) is 8.69. The van der Waals surface area contributed by atoms with Crippen LogP contribution in [0.3, 0.4) is 0 Å². The molecule has 102 valence electrons. The Morgan fingerprint density at radius 3 is 2.22 bits per heavy atom. The Morgan fingerprint density at radius 2 is 1.72 bits per heavy atom. The van der Waals surface area contributed by atoms with Gasteiger partial charge in [0.15, 0.2) is 0 Å². The van der Waals surface area contributed by atoms with Crippen molar-refractivity contribution in [3.63, 3.8) is 0 Å². The van der Waals surface area contributed by atoms with E-state index in [1.165, 1.54) is 38.5 Å². The van der Waals surface area contributed by atoms with Gasteiger partial charge in [0.1, 0.15) is 0 Å². The number of hydrogen-bond acceptors (Lipinski definition) is 2. The van der Waals surface area contributed by atoms with E-state index in [4.69, 9.17) is 4.74 Å². The summed E-state index contributed by atoms with van der Waals surface area (Å²) in [7, 11) is 0. The number of hydrogen-bond donors (Lipinski definition) is 1. The smallest absolute Gasteiger partial charge is 0.407 e. The molecule has 0 spiro atoms. The zero-order valence-electron chi connectivity index (χ0n) is 11.4. The molecule has 4 fully saturated rings. The Bertz CT molecular complexity index is 291. The van der Waals surface area contributed by atoms with Crippen molar-refractivity contribution in [3.05, 3.63) is 0 Å². The summed E-state index contributed by atoms with van der Waals surface area (Å²) in [5, 5.41) is 3.01. The lowest BCUT2D eigenvalue weighted by molar-refractivity contribution is -0.0509. The van der Waals surface area contributed by atoms with Crippen LogP contribution >= 0.6 is 0 Å². The molecule has 4 saturated carbocycles. The molecule has 0 aromatic rings. The maximum absolute atomic E-state index is 11.6. The molecule has 0 aromatic carbocycles. The highest BCUT2D eigenvalue weighted by molar-refractivity contribution is 5.67. The summed E-state index contributed by atoms with van der Waals surface area (Å²) in [5.41, 5.74) is 0.417. The lowest BCUT2D eigenvalue weighted by atomic mass is 9.49. The van der Waals surface area contributed by atoms with E-state index in [-0.39, 0.29) is 6.09 Å². The van der Waals surface area contributed by atoms with E-state index in [1.54, 1.807) is 0 Å². The minimum Gasteiger partial charge on any atom is -0.450 e. The van der Waals surface area contributed by atoms with Gasteiger partial charge in [-0.05, 0) is 68.1 Å². The van der Waals surface area contributed by atoms with Crippen molar-refractivity contribution >= 4 is 6.09 Å². The highest BCUT2D eigenvalue weighted by Crippen LogP contribution is 2.59. The highest BCUT2D eigenvalue weighted by atomic mass is 16.5. The van der Waals surface area contributed by atoms with Crippen LogP contribution in [0, 0.1) is 23.2 Å². The fraction of sp³-hybridized carbons (Fsp3) is 0.933. The fourth-order valence-electron chi connectivity index (χ4n) is 5.01. The normalized spacial score (nSPS) is 40.8. The number of carbonyl (C=O) groups excluding carboxylic acids is 1. The van der Waals surface area contributed by atoms with Crippen molar-refractivity contribution in [1.29, 1.82) is 0 Å². The van der Waals surface area contributed by atoms with Crippen LogP contribution in [0.2, 0.25) is 0 Å². The Labute approximate surface area is 110 Å². The van der Waals surface area contributed by atoms with Crippen molar-refractivity contribution in [2.45, 2.75) is 51.9 Å². The van der Waals surface area contributed by atoms with Crippen molar-refractivity contribution in [3.8, 4) is 0 Å². The Balaban J connectivity index is 1.54. The molecule has 4 bridgehead atoms. The minimum atomic E-state index is -0.215. The molecule has 0 aromatic heterocycles. The lowest BCUT2D eigenvalue weighted by Gasteiger charge is -2.56. The number of ether oxygens (including phenoxy) is 1. The molecule has 3 nitrogen and oxygen atoms in total. The largest absolute Gasteiger partial charge is 0.450 e. The molecular weight excluding hydrogens is 226 g/mol. The van der Waals surface area contributed by atoms with Gasteiger partial charge in [0.05, 0.1) is 6.61 Å². The Kier molecular flexibility index (Phi) is 3.25. The predicted molar refractivity (Wildman–Crippen MR) is 70.2 cm³/mol. The number of rotatable bonds is 4. The fourth-order valence-corrected chi connectivity index (χ4v) is 5.01. The molecule has 4 aliphatic rings. The van der Waals surface area contributed by atoms with E-state index in [0.29, 0.717) is 12.0 Å². The van der Waals surface area contributed by atoms with Gasteiger partial charge in [-0.15, -0.1) is 0 Å². The summed E-state index contributed by atoms with van der Waals surface area (Å²) in [4.78, 5) is 11.6. The van der Waals surface area contributed by atoms with Crippen LogP contribution in [-0.4, -0.2) is 19.2 Å². The standard InChI is InChI=1S/C15H25NO2/c1-2-3-18-14(17)16-10-15-7-11-4-12(8-15)6-13(5-11)9-15/h11-13H,2-10H2,1H3,(H,16,17). The monoisotopic (exact) mass is 251 g/mol. The molecule has 0 unspecified atom stereocenters. The predicted octanol–water partition coefficient (Wildman–Crippen LogP) is 3.34. The van der Waals surface area contributed by atoms with E-state index in [0.717, 1.165) is 30.7 Å². The zero-order valence-corrected chi connectivity index (χ0v) is 11.4. The minimum absolute atomic E-state index is 0.215. The second-order valence-corrected chi connectivity index (χ2v) is 6.91. The van der Waals surface area contributed by atoms with Crippen LogP contribution in [0.25, 0.3) is 0 Å². The topological polar surface area (TPSA) is 38.3 Å². The third-order valence-corrected chi connectivity index (χ3v) is 5.21. The Hall–Kier alpha value is -0.730. The van der Waals surface area contributed by atoms with E-state index in [1.807, 2.05) is 6.92 Å². The SMILES string of the molecule is CCCOC(=O)NCC12CC3CC(CC(C3)C1)C2. The second kappa shape index (κ2) is 4.75. The third-order valence-electron chi connectivity index (χ3n) is 5.21. The van der Waals surface area contributed by atoms with Crippen LogP contribution in [0.1, 0.15) is 51.9 Å². The maximum atomic E-state index is 11.6. The first kappa shape index (κ1) is 12.3. The van der Waals surface area contributed by atoms with E-state index >= 15 is 0 Å². The molecule has 3 heteroatoms. The Morgan fingerprint density at radius 1 is 1.17 bits per heavy atom. The van der Waals surface area contributed by atoms with Crippen molar-refractivity contribution in [1.82, 2.24) is 5.32 Å². The quantitative estimate of drug-likeness (QED) is 0.832. The van der Waals surface area contributed by atoms with E-state index < -0.39 is 0 Å². The van der Waals surface area contributed by atoms with Crippen molar-refractivity contribution in [2.75, 3.05) is 13.2 Å². The van der Waals surface area contributed by atoms with E-state index in [9.17, 15) is 4.79 Å². The van der Waals surface area contributed by atoms with Crippen LogP contribution in [0.4, 0.5) is 4.79 Å². The van der Waals surface area contributed by atoms with Gasteiger partial charge in [-0.25, -0.2) is 4.79 Å². The molecular formula is C15H25NO2. The molecule has 0 saturated heterocycles. The number of amides is 1. The van der Waals surface area contributed by atoms with Gasteiger partial charge in [0.2, 0.25) is 0 Å². The molecule has 0 radical (unpaired) electrons. The van der Waals surface area contributed by atoms with Gasteiger partial charge in [0, 0.05) is 6.54 Å². The molecule has 1 amide bonds. The summed E-state index contributed by atoms with van der Waals surface area (Å²) in [6, 6.07) is 0. The van der Waals surface area contributed by atoms with Crippen LogP contribution in [-0.2, 0) is 4.74 Å². The first-order valence-corrected chi connectivity index (χ1v) is 7.60. The van der Waals surface area contributed by atoms with Gasteiger partial charge >= 0.3 is 6.09 Å². The molecule has 4 aliphatic carbocycles. The molecule has 18 heavy (non-hydrogen) atoms. The van der Waals surface area contributed by atoms with Gasteiger partial charge in [0.25, 0.3) is 0 Å². The van der Waals surface area contributed by atoms with Crippen LogP contribution < -0.4 is 5.32 Å². The summed E-state index contributed by atoms with van der Waals surface area (Å²) < 4.78 is 5.10. The second-order valence-electron chi connectivity index (χ2n) is 6.91. The molecule has 0 atom stereocenters. The average Bonchev–Trinajstić information content (AvgIpc) is 2.32. The average molecular weight is 251 g/mol. The molecule has 4 rings (SSSR count). The summed E-state index contributed by atoms with van der Waals surface area (Å²) in [5.74, 6) is 2.85. The van der Waals surface area contributed by atoms with Gasteiger partial charge in [-0.3, -0.25) is 0 Å². The first-order valence-electron chi connectivity index (χ1n) is 7.60. The van der Waals surface area contributed by atoms with Crippen molar-refractivity contribution < 1.29 is 9.53 Å². The summed E-state index contributed by atoms with van der Waals surface area (Å²) in [6.45, 7) is 3.40. The van der Waals surface area contributed by atoms with E-state index in [2.05, 4.69) is 5.32 Å². The van der Waals surface area contributed by atoms with Crippen molar-refractivity contribution in [2.24, 2.45) is 23.2 Å². The van der Waals surface area contributed by atoms with Gasteiger partial charge in [-0.2, -0.15) is 0 Å². The molecule has 1 N–H and O–H groups in total. The van der Waals surface area contributed by atoms with Crippen LogP contribution in [0.15, 0.2) is 0 Å². The number of alkyl carbamates (subject to hydrolysis) is 1. The molecule has 0 heterocycles. The zero-order chi connectivity index (χ0) is 12.6. The number of nitrogens with one attached hydrogen (secondary N) is 1. The highest BCUT2D eigenvalue weighted by Gasteiger charge is 2.50. The number of carbonyl (C=O) groups is 1. The third kappa shape index (κ3) is 2.36. The lowest BCUT2D eigenvalue weighted by Crippen LogP contribution is -2.51. The summed E-state index contributed by atoms with van der Waals surface area (Å²) in [6.07, 6.45) is 9.07. The molecule has 0 aliphatic heterocycles. The maximum Gasteiger partial charge on any atom is 0.407 e. The van der Waals surface area contributed by atoms with Crippen LogP contribution in [0.5, 0.6) is 0 Å².